The zero-order chi connectivity index (χ0) is 13.2. The summed E-state index contributed by atoms with van der Waals surface area (Å²) in [4.78, 5) is 10.9. The minimum absolute atomic E-state index is 0.0476. The molecule has 17 heavy (non-hydrogen) atoms. The van der Waals surface area contributed by atoms with Gasteiger partial charge in [-0.1, -0.05) is 5.57 Å². The van der Waals surface area contributed by atoms with Crippen molar-refractivity contribution >= 4 is 12.2 Å². The van der Waals surface area contributed by atoms with Gasteiger partial charge in [-0.15, -0.1) is 0 Å². The molecule has 1 saturated carbocycles. The molecule has 0 amide bonds. The molecular weight excluding hydrogens is 220 g/mol. The van der Waals surface area contributed by atoms with Crippen LogP contribution in [0.15, 0.2) is 23.0 Å². The van der Waals surface area contributed by atoms with Crippen LogP contribution in [0.5, 0.6) is 0 Å². The summed E-state index contributed by atoms with van der Waals surface area (Å²) in [5.41, 5.74) is 7.24. The second-order valence-corrected chi connectivity index (χ2v) is 4.29. The number of carboxylic acid groups (broad SMARTS) is 1. The van der Waals surface area contributed by atoms with E-state index in [-0.39, 0.29) is 17.4 Å². The van der Waals surface area contributed by atoms with E-state index in [4.69, 9.17) is 22.1 Å². The van der Waals surface area contributed by atoms with E-state index in [1.54, 1.807) is 20.2 Å². The average Bonchev–Trinajstić information content (AvgIpc) is 2.95. The molecule has 0 bridgehead atoms. The van der Waals surface area contributed by atoms with E-state index in [9.17, 15) is 4.79 Å². The molecule has 2 atom stereocenters. The Morgan fingerprint density at radius 3 is 2.53 bits per heavy atom. The minimum atomic E-state index is -1.07. The summed E-state index contributed by atoms with van der Waals surface area (Å²) in [6, 6.07) is 0. The van der Waals surface area contributed by atoms with Crippen molar-refractivity contribution in [2.24, 2.45) is 23.4 Å². The van der Waals surface area contributed by atoms with Gasteiger partial charge in [-0.3, -0.25) is 0 Å². The van der Waals surface area contributed by atoms with Gasteiger partial charge in [0.1, 0.15) is 0 Å². The van der Waals surface area contributed by atoms with Crippen LogP contribution in [0.25, 0.3) is 0 Å². The van der Waals surface area contributed by atoms with E-state index in [1.165, 1.54) is 5.01 Å². The Kier molecular flexibility index (Phi) is 3.90. The Balaban J connectivity index is 2.81. The molecule has 6 N–H and O–H groups in total. The van der Waals surface area contributed by atoms with Gasteiger partial charge in [0.2, 0.25) is 0 Å². The number of carboxylic acids is 1. The highest BCUT2D eigenvalue weighted by Crippen LogP contribution is 2.47. The van der Waals surface area contributed by atoms with E-state index >= 15 is 0 Å². The Bertz CT molecular complexity index is 398. The number of hydrogen-bond acceptors (Lipinski definition) is 5. The second kappa shape index (κ2) is 5.01. The lowest BCUT2D eigenvalue weighted by Gasteiger charge is -2.08. The van der Waals surface area contributed by atoms with Gasteiger partial charge in [0.05, 0.1) is 5.57 Å². The van der Waals surface area contributed by atoms with Crippen LogP contribution in [-0.2, 0) is 4.79 Å². The molecule has 1 aliphatic rings. The zero-order valence-corrected chi connectivity index (χ0v) is 9.97. The maximum Gasteiger partial charge on any atom is 0.337 e. The van der Waals surface area contributed by atoms with Gasteiger partial charge in [0.15, 0.2) is 0 Å². The van der Waals surface area contributed by atoms with Crippen LogP contribution in [-0.4, -0.2) is 29.3 Å². The fourth-order valence-corrected chi connectivity index (χ4v) is 1.92. The van der Waals surface area contributed by atoms with Crippen molar-refractivity contribution < 1.29 is 9.90 Å². The molecule has 1 fully saturated rings. The molecule has 0 aliphatic heterocycles. The van der Waals surface area contributed by atoms with E-state index < -0.39 is 5.97 Å². The third-order valence-corrected chi connectivity index (χ3v) is 2.93. The number of rotatable bonds is 5. The maximum absolute atomic E-state index is 10.9. The fourth-order valence-electron chi connectivity index (χ4n) is 1.92. The molecule has 1 aliphatic carbocycles. The Morgan fingerprint density at radius 1 is 1.53 bits per heavy atom. The first kappa shape index (κ1) is 13.2. The smallest absolute Gasteiger partial charge is 0.337 e. The van der Waals surface area contributed by atoms with E-state index in [0.29, 0.717) is 11.3 Å². The number of hydrazine groups is 1. The topological polar surface area (TPSA) is 116 Å². The molecule has 6 nitrogen and oxygen atoms in total. The van der Waals surface area contributed by atoms with Gasteiger partial charge < -0.3 is 21.3 Å². The molecule has 0 aromatic rings. The lowest BCUT2D eigenvalue weighted by molar-refractivity contribution is -0.132. The van der Waals surface area contributed by atoms with E-state index in [2.05, 4.69) is 0 Å². The van der Waals surface area contributed by atoms with Gasteiger partial charge in [-0.25, -0.2) is 10.6 Å². The van der Waals surface area contributed by atoms with Crippen LogP contribution in [0, 0.1) is 17.2 Å². The SMILES string of the molecule is C/C(=C(\C=N)C(=O)O)[C@@H]1CC1/C(N)=C/N(C)N. The van der Waals surface area contributed by atoms with Crippen molar-refractivity contribution in [3.8, 4) is 0 Å². The number of nitrogens with zero attached hydrogens (tertiary/aromatic N) is 1. The van der Waals surface area contributed by atoms with Gasteiger partial charge in [-0.2, -0.15) is 0 Å². The first-order valence-corrected chi connectivity index (χ1v) is 5.27. The summed E-state index contributed by atoms with van der Waals surface area (Å²) in [6.45, 7) is 1.73. The first-order chi connectivity index (χ1) is 7.88. The van der Waals surface area contributed by atoms with Gasteiger partial charge in [0.25, 0.3) is 0 Å². The lowest BCUT2D eigenvalue weighted by Crippen LogP contribution is -2.21. The van der Waals surface area contributed by atoms with Crippen molar-refractivity contribution in [1.82, 2.24) is 5.01 Å². The zero-order valence-electron chi connectivity index (χ0n) is 9.97. The summed E-state index contributed by atoms with van der Waals surface area (Å²) < 4.78 is 0. The second-order valence-electron chi connectivity index (χ2n) is 4.29. The summed E-state index contributed by atoms with van der Waals surface area (Å²) in [7, 11) is 1.67. The quantitative estimate of drug-likeness (QED) is 0.237. The maximum atomic E-state index is 10.9. The molecule has 0 saturated heterocycles. The molecule has 0 spiro atoms. The molecule has 0 radical (unpaired) electrons. The van der Waals surface area contributed by atoms with Gasteiger partial charge >= 0.3 is 5.97 Å². The Labute approximate surface area is 100 Å². The van der Waals surface area contributed by atoms with Crippen LogP contribution < -0.4 is 11.6 Å². The summed E-state index contributed by atoms with van der Waals surface area (Å²) >= 11 is 0. The molecule has 94 valence electrons. The standard InChI is InChI=1S/C11H18N4O2/c1-6(9(4-12)11(16)17)7-3-8(7)10(13)5-15(2)14/h4-5,7-8,12H,3,13-14H2,1-2H3,(H,16,17)/b9-6-,10-5-,12-4?/t7-,8?/m0/s1. The lowest BCUT2D eigenvalue weighted by atomic mass is 10.0. The van der Waals surface area contributed by atoms with E-state index in [1.807, 2.05) is 0 Å². The van der Waals surface area contributed by atoms with Crippen molar-refractivity contribution in [1.29, 1.82) is 5.41 Å². The summed E-state index contributed by atoms with van der Waals surface area (Å²) in [5.74, 6) is 4.63. The molecule has 1 unspecified atom stereocenters. The molecular formula is C11H18N4O2. The van der Waals surface area contributed by atoms with Gasteiger partial charge in [-0.05, 0) is 19.3 Å². The monoisotopic (exact) mass is 238 g/mol. The normalized spacial score (nSPS) is 25.0. The third-order valence-electron chi connectivity index (χ3n) is 2.93. The average molecular weight is 238 g/mol. The predicted octanol–water partition coefficient (Wildman–Crippen LogP) is 0.279. The van der Waals surface area contributed by atoms with Crippen molar-refractivity contribution in [3.05, 3.63) is 23.0 Å². The van der Waals surface area contributed by atoms with Crippen molar-refractivity contribution in [3.63, 3.8) is 0 Å². The predicted molar refractivity (Wildman–Crippen MR) is 64.9 cm³/mol. The van der Waals surface area contributed by atoms with Crippen LogP contribution >= 0.6 is 0 Å². The number of carbonyl (C=O) groups is 1. The van der Waals surface area contributed by atoms with Crippen LogP contribution in [0.1, 0.15) is 13.3 Å². The Morgan fingerprint density at radius 2 is 2.12 bits per heavy atom. The number of nitrogens with two attached hydrogens (primary N) is 2. The van der Waals surface area contributed by atoms with Gasteiger partial charge in [0, 0.05) is 31.1 Å². The number of hydrogen-bond donors (Lipinski definition) is 4. The molecule has 0 aromatic carbocycles. The molecule has 6 heteroatoms. The first-order valence-electron chi connectivity index (χ1n) is 5.27. The molecule has 0 aromatic heterocycles. The minimum Gasteiger partial charge on any atom is -0.478 e. The van der Waals surface area contributed by atoms with Crippen LogP contribution in [0.2, 0.25) is 0 Å². The van der Waals surface area contributed by atoms with Crippen LogP contribution in [0.4, 0.5) is 0 Å². The highest BCUT2D eigenvalue weighted by Gasteiger charge is 2.41. The molecule has 0 heterocycles. The largest absolute Gasteiger partial charge is 0.478 e. The van der Waals surface area contributed by atoms with E-state index in [0.717, 1.165) is 12.6 Å². The van der Waals surface area contributed by atoms with Crippen LogP contribution in [0.3, 0.4) is 0 Å². The number of nitrogens with one attached hydrogen (secondary N) is 1. The highest BCUT2D eigenvalue weighted by atomic mass is 16.4. The third kappa shape index (κ3) is 3.07. The number of aliphatic carboxylic acids is 1. The summed E-state index contributed by atoms with van der Waals surface area (Å²) in [6.07, 6.45) is 3.32. The Hall–Kier alpha value is -1.82. The summed E-state index contributed by atoms with van der Waals surface area (Å²) in [5, 5.41) is 17.4. The fraction of sp³-hybridized carbons (Fsp3) is 0.455. The number of allylic oxidation sites excluding steroid dienone is 2. The molecule has 1 rings (SSSR count). The van der Waals surface area contributed by atoms with Crippen molar-refractivity contribution in [2.45, 2.75) is 13.3 Å². The van der Waals surface area contributed by atoms with Crippen molar-refractivity contribution in [2.75, 3.05) is 7.05 Å². The highest BCUT2D eigenvalue weighted by molar-refractivity contribution is 6.08.